The molecule has 0 aliphatic heterocycles. The summed E-state index contributed by atoms with van der Waals surface area (Å²) in [5.41, 5.74) is 1.03. The lowest BCUT2D eigenvalue weighted by Crippen LogP contribution is -2.33. The molecule has 0 aliphatic carbocycles. The molecule has 0 aromatic carbocycles. The van der Waals surface area contributed by atoms with Gasteiger partial charge in [-0.2, -0.15) is 0 Å². The Morgan fingerprint density at radius 3 is 2.65 bits per heavy atom. The van der Waals surface area contributed by atoms with E-state index in [9.17, 15) is 9.59 Å². The molecule has 1 aromatic rings. The van der Waals surface area contributed by atoms with Crippen LogP contribution in [0.4, 0.5) is 0 Å². The van der Waals surface area contributed by atoms with Crippen LogP contribution in [0, 0.1) is 6.92 Å². The molecule has 6 nitrogen and oxygen atoms in total. The lowest BCUT2D eigenvalue weighted by atomic mass is 10.1. The first-order valence-electron chi connectivity index (χ1n) is 5.28. The zero-order valence-electron chi connectivity index (χ0n) is 10.4. The molecule has 0 radical (unpaired) electrons. The molecule has 0 bridgehead atoms. The third kappa shape index (κ3) is 2.83. The number of esters is 1. The summed E-state index contributed by atoms with van der Waals surface area (Å²) in [4.78, 5) is 24.4. The van der Waals surface area contributed by atoms with E-state index in [-0.39, 0.29) is 12.5 Å². The highest BCUT2D eigenvalue weighted by molar-refractivity contribution is 5.97. The molecule has 17 heavy (non-hydrogen) atoms. The standard InChI is InChI=1S/C11H16N2O4/c1-5-8-10(7(2)17-12-8)11(15)13(3)6-9(14)16-4/h5-6H2,1-4H3. The Morgan fingerprint density at radius 2 is 2.12 bits per heavy atom. The molecule has 0 saturated heterocycles. The van der Waals surface area contributed by atoms with Gasteiger partial charge in [-0.05, 0) is 13.3 Å². The van der Waals surface area contributed by atoms with Crippen molar-refractivity contribution < 1.29 is 18.8 Å². The molecule has 0 unspecified atom stereocenters. The van der Waals surface area contributed by atoms with Crippen LogP contribution in [0.25, 0.3) is 0 Å². The van der Waals surface area contributed by atoms with Crippen LogP contribution in [0.1, 0.15) is 28.7 Å². The van der Waals surface area contributed by atoms with Crippen molar-refractivity contribution in [2.45, 2.75) is 20.3 Å². The van der Waals surface area contributed by atoms with Crippen molar-refractivity contribution in [3.63, 3.8) is 0 Å². The number of hydrogen-bond acceptors (Lipinski definition) is 5. The monoisotopic (exact) mass is 240 g/mol. The summed E-state index contributed by atoms with van der Waals surface area (Å²) in [5.74, 6) is -0.289. The van der Waals surface area contributed by atoms with Crippen LogP contribution in [0.15, 0.2) is 4.52 Å². The summed E-state index contributed by atoms with van der Waals surface area (Å²) in [6.45, 7) is 3.46. The lowest BCUT2D eigenvalue weighted by molar-refractivity contribution is -0.141. The van der Waals surface area contributed by atoms with Crippen LogP contribution in [-0.4, -0.2) is 42.6 Å². The third-order valence-electron chi connectivity index (χ3n) is 2.42. The molecule has 0 saturated carbocycles. The van der Waals surface area contributed by atoms with Crippen LogP contribution >= 0.6 is 0 Å². The van der Waals surface area contributed by atoms with E-state index in [2.05, 4.69) is 9.89 Å². The van der Waals surface area contributed by atoms with E-state index >= 15 is 0 Å². The smallest absolute Gasteiger partial charge is 0.325 e. The number of aryl methyl sites for hydroxylation is 2. The van der Waals surface area contributed by atoms with Gasteiger partial charge in [0.25, 0.3) is 5.91 Å². The Balaban J connectivity index is 2.88. The highest BCUT2D eigenvalue weighted by Crippen LogP contribution is 2.15. The molecule has 1 aromatic heterocycles. The Hall–Kier alpha value is -1.85. The minimum absolute atomic E-state index is 0.0941. The van der Waals surface area contributed by atoms with Crippen LogP contribution < -0.4 is 0 Å². The number of amides is 1. The largest absolute Gasteiger partial charge is 0.468 e. The van der Waals surface area contributed by atoms with Crippen molar-refractivity contribution in [1.82, 2.24) is 10.1 Å². The van der Waals surface area contributed by atoms with E-state index in [1.54, 1.807) is 6.92 Å². The van der Waals surface area contributed by atoms with Crippen molar-refractivity contribution >= 4 is 11.9 Å². The second-order valence-electron chi connectivity index (χ2n) is 3.65. The molecule has 0 fully saturated rings. The number of aromatic nitrogens is 1. The van der Waals surface area contributed by atoms with Gasteiger partial charge in [0.1, 0.15) is 17.9 Å². The van der Waals surface area contributed by atoms with Gasteiger partial charge in [-0.1, -0.05) is 12.1 Å². The van der Waals surface area contributed by atoms with Gasteiger partial charge < -0.3 is 14.2 Å². The van der Waals surface area contributed by atoms with Gasteiger partial charge in [-0.3, -0.25) is 9.59 Å². The number of carbonyl (C=O) groups is 2. The summed E-state index contributed by atoms with van der Waals surface area (Å²) in [6, 6.07) is 0. The summed E-state index contributed by atoms with van der Waals surface area (Å²) in [7, 11) is 2.81. The highest BCUT2D eigenvalue weighted by Gasteiger charge is 2.23. The first-order chi connectivity index (χ1) is 8.01. The van der Waals surface area contributed by atoms with Gasteiger partial charge in [-0.25, -0.2) is 0 Å². The molecule has 1 amide bonds. The SMILES string of the molecule is CCc1noc(C)c1C(=O)N(C)CC(=O)OC. The van der Waals surface area contributed by atoms with E-state index in [4.69, 9.17) is 4.52 Å². The van der Waals surface area contributed by atoms with Crippen molar-refractivity contribution in [3.8, 4) is 0 Å². The van der Waals surface area contributed by atoms with Crippen LogP contribution in [-0.2, 0) is 16.0 Å². The minimum atomic E-state index is -0.465. The molecule has 1 rings (SSSR count). The van der Waals surface area contributed by atoms with Crippen molar-refractivity contribution in [3.05, 3.63) is 17.0 Å². The quantitative estimate of drug-likeness (QED) is 0.727. The van der Waals surface area contributed by atoms with E-state index in [0.29, 0.717) is 23.4 Å². The van der Waals surface area contributed by atoms with E-state index in [0.717, 1.165) is 0 Å². The van der Waals surface area contributed by atoms with E-state index < -0.39 is 5.97 Å². The fourth-order valence-electron chi connectivity index (χ4n) is 1.45. The molecule has 0 spiro atoms. The maximum atomic E-state index is 12.1. The molecule has 1 heterocycles. The van der Waals surface area contributed by atoms with Crippen LogP contribution in [0.3, 0.4) is 0 Å². The highest BCUT2D eigenvalue weighted by atomic mass is 16.5. The average Bonchev–Trinajstić information content (AvgIpc) is 2.69. The zero-order valence-corrected chi connectivity index (χ0v) is 10.4. The fraction of sp³-hybridized carbons (Fsp3) is 0.545. The number of rotatable bonds is 4. The molecule has 6 heteroatoms. The maximum absolute atomic E-state index is 12.1. The second-order valence-corrected chi connectivity index (χ2v) is 3.65. The molecule has 0 atom stereocenters. The van der Waals surface area contributed by atoms with Gasteiger partial charge in [0.2, 0.25) is 0 Å². The van der Waals surface area contributed by atoms with Gasteiger partial charge in [-0.15, -0.1) is 0 Å². The van der Waals surface area contributed by atoms with Crippen LogP contribution in [0.2, 0.25) is 0 Å². The Morgan fingerprint density at radius 1 is 1.47 bits per heavy atom. The third-order valence-corrected chi connectivity index (χ3v) is 2.42. The number of methoxy groups -OCH3 is 1. The normalized spacial score (nSPS) is 10.1. The number of carbonyl (C=O) groups excluding carboxylic acids is 2. The predicted molar refractivity (Wildman–Crippen MR) is 59.6 cm³/mol. The summed E-state index contributed by atoms with van der Waals surface area (Å²) >= 11 is 0. The fourth-order valence-corrected chi connectivity index (χ4v) is 1.45. The first kappa shape index (κ1) is 13.2. The summed E-state index contributed by atoms with van der Waals surface area (Å²) in [5, 5.41) is 3.80. The van der Waals surface area contributed by atoms with Gasteiger partial charge in [0.15, 0.2) is 0 Å². The summed E-state index contributed by atoms with van der Waals surface area (Å²) < 4.78 is 9.48. The minimum Gasteiger partial charge on any atom is -0.468 e. The zero-order chi connectivity index (χ0) is 13.0. The van der Waals surface area contributed by atoms with E-state index in [1.165, 1.54) is 19.1 Å². The van der Waals surface area contributed by atoms with Gasteiger partial charge >= 0.3 is 5.97 Å². The van der Waals surface area contributed by atoms with Gasteiger partial charge in [0, 0.05) is 7.05 Å². The maximum Gasteiger partial charge on any atom is 0.325 e. The molecule has 0 aliphatic rings. The van der Waals surface area contributed by atoms with Crippen LogP contribution in [0.5, 0.6) is 0 Å². The van der Waals surface area contributed by atoms with Crippen molar-refractivity contribution in [2.75, 3.05) is 20.7 Å². The molecular weight excluding hydrogens is 224 g/mol. The Kier molecular flexibility index (Phi) is 4.25. The molecule has 0 N–H and O–H groups in total. The number of nitrogens with zero attached hydrogens (tertiary/aromatic N) is 2. The first-order valence-corrected chi connectivity index (χ1v) is 5.28. The Labute approximate surface area is 99.5 Å². The average molecular weight is 240 g/mol. The van der Waals surface area contributed by atoms with Crippen molar-refractivity contribution in [2.24, 2.45) is 0 Å². The molecule has 94 valence electrons. The van der Waals surface area contributed by atoms with Gasteiger partial charge in [0.05, 0.1) is 12.8 Å². The number of likely N-dealkylation sites (N-methyl/N-ethyl adjacent to an activating group) is 1. The Bertz CT molecular complexity index is 425. The van der Waals surface area contributed by atoms with Crippen molar-refractivity contribution in [1.29, 1.82) is 0 Å². The van der Waals surface area contributed by atoms with E-state index in [1.807, 2.05) is 6.92 Å². The summed E-state index contributed by atoms with van der Waals surface area (Å²) in [6.07, 6.45) is 0.602. The lowest BCUT2D eigenvalue weighted by Gasteiger charge is -2.15. The topological polar surface area (TPSA) is 72.6 Å². The number of ether oxygens (including phenoxy) is 1. The molecular formula is C11H16N2O4. The second kappa shape index (κ2) is 5.47. The number of hydrogen-bond donors (Lipinski definition) is 0. The predicted octanol–water partition coefficient (Wildman–Crippen LogP) is 0.790.